The third-order valence-electron chi connectivity index (χ3n) is 5.50. The lowest BCUT2D eigenvalue weighted by Crippen LogP contribution is -2.27. The van der Waals surface area contributed by atoms with Crippen molar-refractivity contribution >= 4 is 27.0 Å². The number of sulfonamides is 1. The molecule has 2 heterocycles. The average molecular weight is 431 g/mol. The topological polar surface area (TPSA) is 75.5 Å². The van der Waals surface area contributed by atoms with Crippen LogP contribution >= 0.6 is 0 Å². The van der Waals surface area contributed by atoms with Crippen LogP contribution in [0.25, 0.3) is 11.0 Å². The summed E-state index contributed by atoms with van der Waals surface area (Å²) in [5, 5.41) is 0. The Bertz CT molecular complexity index is 1200. The number of amides is 1. The van der Waals surface area contributed by atoms with Crippen LogP contribution in [0.2, 0.25) is 0 Å². The maximum Gasteiger partial charge on any atom is 0.253 e. The fraction of sp³-hybridized carbons (Fsp3) is 0.333. The highest BCUT2D eigenvalue weighted by Crippen LogP contribution is 2.22. The first kappa shape index (κ1) is 20.5. The molecule has 4 rings (SSSR count). The van der Waals surface area contributed by atoms with Crippen molar-refractivity contribution in [2.75, 3.05) is 20.1 Å². The van der Waals surface area contributed by atoms with E-state index in [4.69, 9.17) is 0 Å². The zero-order valence-electron chi connectivity index (χ0n) is 16.9. The molecule has 0 unspecified atom stereocenters. The highest BCUT2D eigenvalue weighted by molar-refractivity contribution is 7.89. The molecule has 1 amide bonds. The van der Waals surface area contributed by atoms with Crippen molar-refractivity contribution in [2.24, 2.45) is 7.05 Å². The molecule has 3 aromatic rings. The first-order valence-electron chi connectivity index (χ1n) is 9.74. The Morgan fingerprint density at radius 2 is 1.80 bits per heavy atom. The lowest BCUT2D eigenvalue weighted by Gasteiger charge is -2.17. The summed E-state index contributed by atoms with van der Waals surface area (Å²) in [7, 11) is -0.519. The fourth-order valence-electron chi connectivity index (χ4n) is 3.70. The number of imidazole rings is 1. The quantitative estimate of drug-likeness (QED) is 0.624. The summed E-state index contributed by atoms with van der Waals surface area (Å²) >= 11 is 0. The zero-order valence-corrected chi connectivity index (χ0v) is 17.7. The number of hydrogen-bond donors (Lipinski definition) is 0. The van der Waals surface area contributed by atoms with E-state index in [9.17, 15) is 17.6 Å². The number of aromatic nitrogens is 2. The third kappa shape index (κ3) is 3.70. The van der Waals surface area contributed by atoms with Gasteiger partial charge in [0.1, 0.15) is 11.6 Å². The molecule has 30 heavy (non-hydrogen) atoms. The Morgan fingerprint density at radius 3 is 2.47 bits per heavy atom. The van der Waals surface area contributed by atoms with E-state index < -0.39 is 15.8 Å². The lowest BCUT2D eigenvalue weighted by atomic mass is 10.2. The molecule has 1 aliphatic rings. The van der Waals surface area contributed by atoms with Crippen molar-refractivity contribution in [3.8, 4) is 0 Å². The van der Waals surface area contributed by atoms with E-state index in [-0.39, 0.29) is 17.3 Å². The molecular weight excluding hydrogens is 407 g/mol. The predicted octanol–water partition coefficient (Wildman–Crippen LogP) is 2.77. The minimum atomic E-state index is -3.79. The second-order valence-corrected chi connectivity index (χ2v) is 9.55. The van der Waals surface area contributed by atoms with E-state index in [1.54, 1.807) is 12.1 Å². The van der Waals surface area contributed by atoms with Crippen LogP contribution in [0.5, 0.6) is 0 Å². The summed E-state index contributed by atoms with van der Waals surface area (Å²) in [4.78, 5) is 19.1. The Kier molecular flexibility index (Phi) is 5.33. The minimum Gasteiger partial charge on any atom is -0.339 e. The van der Waals surface area contributed by atoms with Crippen LogP contribution in [0.4, 0.5) is 4.39 Å². The van der Waals surface area contributed by atoms with Crippen molar-refractivity contribution in [1.82, 2.24) is 18.8 Å². The molecule has 1 aromatic heterocycles. The van der Waals surface area contributed by atoms with Gasteiger partial charge in [-0.15, -0.1) is 0 Å². The van der Waals surface area contributed by atoms with E-state index in [1.807, 2.05) is 22.6 Å². The van der Waals surface area contributed by atoms with Crippen LogP contribution in [0.3, 0.4) is 0 Å². The van der Waals surface area contributed by atoms with Crippen molar-refractivity contribution in [2.45, 2.75) is 24.3 Å². The SMILES string of the molecule is CN(Cc1nc2cc(C(=O)N3CCCC3)ccc2n1C)S(=O)(=O)c1ccc(F)cc1. The fourth-order valence-corrected chi connectivity index (χ4v) is 4.82. The molecule has 1 fully saturated rings. The maximum atomic E-state index is 13.1. The second kappa shape index (κ2) is 7.81. The summed E-state index contributed by atoms with van der Waals surface area (Å²) < 4.78 is 41.7. The average Bonchev–Trinajstić information content (AvgIpc) is 3.36. The van der Waals surface area contributed by atoms with Crippen LogP contribution in [-0.4, -0.2) is 53.2 Å². The van der Waals surface area contributed by atoms with Crippen LogP contribution < -0.4 is 0 Å². The van der Waals surface area contributed by atoms with Crippen LogP contribution in [0, 0.1) is 5.82 Å². The van der Waals surface area contributed by atoms with Gasteiger partial charge < -0.3 is 9.47 Å². The van der Waals surface area contributed by atoms with E-state index in [1.165, 1.54) is 23.5 Å². The van der Waals surface area contributed by atoms with Gasteiger partial charge in [0.2, 0.25) is 10.0 Å². The van der Waals surface area contributed by atoms with Gasteiger partial charge >= 0.3 is 0 Å². The summed E-state index contributed by atoms with van der Waals surface area (Å²) in [6, 6.07) is 10.1. The molecule has 158 valence electrons. The van der Waals surface area contributed by atoms with Gasteiger partial charge in [-0.25, -0.2) is 17.8 Å². The van der Waals surface area contributed by atoms with Gasteiger partial charge in [0, 0.05) is 32.7 Å². The Hall–Kier alpha value is -2.78. The standard InChI is InChI=1S/C21H23FN4O3S/c1-24(30(28,29)17-8-6-16(22)7-9-17)14-20-23-18-13-15(5-10-19(18)25(20)2)21(27)26-11-3-4-12-26/h5-10,13H,3-4,11-12,14H2,1-2H3. The molecule has 2 aromatic carbocycles. The monoisotopic (exact) mass is 430 g/mol. The van der Waals surface area contributed by atoms with Crippen LogP contribution in [0.1, 0.15) is 29.0 Å². The van der Waals surface area contributed by atoms with E-state index in [0.717, 1.165) is 43.6 Å². The first-order valence-corrected chi connectivity index (χ1v) is 11.2. The minimum absolute atomic E-state index is 0.00221. The molecule has 0 radical (unpaired) electrons. The normalized spacial score (nSPS) is 14.7. The molecule has 1 saturated heterocycles. The molecule has 9 heteroatoms. The summed E-state index contributed by atoms with van der Waals surface area (Å²) in [5.41, 5.74) is 2.04. The third-order valence-corrected chi connectivity index (χ3v) is 7.32. The number of rotatable bonds is 5. The Balaban J connectivity index is 1.60. The van der Waals surface area contributed by atoms with Crippen molar-refractivity contribution in [1.29, 1.82) is 0 Å². The van der Waals surface area contributed by atoms with Gasteiger partial charge in [0.15, 0.2) is 0 Å². The number of halogens is 1. The predicted molar refractivity (Wildman–Crippen MR) is 111 cm³/mol. The molecule has 0 atom stereocenters. The molecule has 0 saturated carbocycles. The zero-order chi connectivity index (χ0) is 21.5. The van der Waals surface area contributed by atoms with Crippen molar-refractivity contribution in [3.05, 3.63) is 59.7 Å². The highest BCUT2D eigenvalue weighted by Gasteiger charge is 2.24. The number of carbonyl (C=O) groups excluding carboxylic acids is 1. The number of fused-ring (bicyclic) bond motifs is 1. The number of hydrogen-bond acceptors (Lipinski definition) is 4. The molecule has 0 N–H and O–H groups in total. The van der Waals surface area contributed by atoms with Crippen LogP contribution in [-0.2, 0) is 23.6 Å². The van der Waals surface area contributed by atoms with E-state index in [2.05, 4.69) is 4.98 Å². The maximum absolute atomic E-state index is 13.1. The number of carbonyl (C=O) groups is 1. The summed E-state index contributed by atoms with van der Waals surface area (Å²) in [5.74, 6) is 0.0489. The molecule has 0 aliphatic carbocycles. The number of aryl methyl sites for hydroxylation is 1. The van der Waals surface area contributed by atoms with Crippen molar-refractivity contribution < 1.29 is 17.6 Å². The summed E-state index contributed by atoms with van der Waals surface area (Å²) in [6.07, 6.45) is 2.05. The summed E-state index contributed by atoms with van der Waals surface area (Å²) in [6.45, 7) is 1.59. The Labute approximate surface area is 174 Å². The smallest absolute Gasteiger partial charge is 0.253 e. The van der Waals surface area contributed by atoms with E-state index >= 15 is 0 Å². The largest absolute Gasteiger partial charge is 0.339 e. The number of benzene rings is 2. The van der Waals surface area contributed by atoms with E-state index in [0.29, 0.717) is 16.9 Å². The van der Waals surface area contributed by atoms with Gasteiger partial charge in [-0.05, 0) is 55.3 Å². The highest BCUT2D eigenvalue weighted by atomic mass is 32.2. The van der Waals surface area contributed by atoms with Gasteiger partial charge in [-0.2, -0.15) is 4.31 Å². The Morgan fingerprint density at radius 1 is 1.13 bits per heavy atom. The molecule has 7 nitrogen and oxygen atoms in total. The molecular formula is C21H23FN4O3S. The van der Waals surface area contributed by atoms with Gasteiger partial charge in [0.25, 0.3) is 5.91 Å². The van der Waals surface area contributed by atoms with Gasteiger partial charge in [0.05, 0.1) is 22.5 Å². The molecule has 1 aliphatic heterocycles. The van der Waals surface area contributed by atoms with Gasteiger partial charge in [-0.1, -0.05) is 0 Å². The molecule has 0 bridgehead atoms. The number of nitrogens with zero attached hydrogens (tertiary/aromatic N) is 4. The molecule has 0 spiro atoms. The second-order valence-electron chi connectivity index (χ2n) is 7.50. The van der Waals surface area contributed by atoms with Crippen LogP contribution in [0.15, 0.2) is 47.4 Å². The lowest BCUT2D eigenvalue weighted by molar-refractivity contribution is 0.0793. The van der Waals surface area contributed by atoms with Gasteiger partial charge in [-0.3, -0.25) is 4.79 Å². The van der Waals surface area contributed by atoms with Crippen molar-refractivity contribution in [3.63, 3.8) is 0 Å². The first-order chi connectivity index (χ1) is 14.3. The number of likely N-dealkylation sites (tertiary alicyclic amines) is 1.